The average Bonchev–Trinajstić information content (AvgIpc) is 3.13. The Hall–Kier alpha value is -1.58. The molecule has 1 fully saturated rings. The summed E-state index contributed by atoms with van der Waals surface area (Å²) in [6.07, 6.45) is 1.05. The van der Waals surface area contributed by atoms with Crippen molar-refractivity contribution in [2.24, 2.45) is 16.8 Å². The van der Waals surface area contributed by atoms with Crippen molar-refractivity contribution in [2.45, 2.75) is 25.2 Å². The van der Waals surface area contributed by atoms with Crippen LogP contribution in [0.25, 0.3) is 0 Å². The zero-order chi connectivity index (χ0) is 19.4. The van der Waals surface area contributed by atoms with Crippen molar-refractivity contribution in [1.82, 2.24) is 9.62 Å². The number of benzene rings is 1. The maximum Gasteiger partial charge on any atom is 0.243 e. The van der Waals surface area contributed by atoms with Crippen LogP contribution in [0.5, 0.6) is 0 Å². The van der Waals surface area contributed by atoms with Gasteiger partial charge in [-0.25, -0.2) is 8.42 Å². The molecule has 1 aromatic rings. The zero-order valence-electron chi connectivity index (χ0n) is 15.6. The fraction of sp³-hybridized carbons (Fsp3) is 0.556. The second kappa shape index (κ2) is 8.62. The molecule has 0 aromatic heterocycles. The van der Waals surface area contributed by atoms with E-state index in [1.807, 2.05) is 0 Å². The Morgan fingerprint density at radius 2 is 1.93 bits per heavy atom. The van der Waals surface area contributed by atoms with E-state index in [0.717, 1.165) is 24.7 Å². The molecule has 2 aliphatic rings. The molecule has 7 nitrogen and oxygen atoms in total. The van der Waals surface area contributed by atoms with Crippen LogP contribution in [0, 0.1) is 11.8 Å². The van der Waals surface area contributed by atoms with Gasteiger partial charge in [0.2, 0.25) is 15.9 Å². The predicted molar refractivity (Wildman–Crippen MR) is 110 cm³/mol. The normalized spacial score (nSPS) is 23.6. The number of amides is 1. The van der Waals surface area contributed by atoms with Gasteiger partial charge in [-0.1, -0.05) is 25.6 Å². The van der Waals surface area contributed by atoms with Gasteiger partial charge in [-0.15, -0.1) is 0 Å². The number of anilines is 1. The molecule has 1 amide bonds. The van der Waals surface area contributed by atoms with Gasteiger partial charge in [-0.05, 0) is 42.5 Å². The maximum atomic E-state index is 12.9. The first-order chi connectivity index (χ1) is 12.8. The van der Waals surface area contributed by atoms with Gasteiger partial charge >= 0.3 is 0 Å². The van der Waals surface area contributed by atoms with Crippen LogP contribution in [0.2, 0.25) is 0 Å². The lowest BCUT2D eigenvalue weighted by Gasteiger charge is -2.34. The predicted octanol–water partition coefficient (Wildman–Crippen LogP) is 1.98. The number of nitrogens with zero attached hydrogens (tertiary/aromatic N) is 2. The van der Waals surface area contributed by atoms with Crippen LogP contribution >= 0.6 is 11.8 Å². The van der Waals surface area contributed by atoms with Crippen molar-refractivity contribution in [2.75, 3.05) is 37.2 Å². The Bertz CT molecular complexity index is 798. The number of piperidine rings is 1. The molecule has 2 heterocycles. The molecule has 1 saturated heterocycles. The molecule has 148 valence electrons. The molecule has 2 aliphatic heterocycles. The number of sulfonamides is 1. The molecular formula is C18H26N4O3S2. The van der Waals surface area contributed by atoms with Crippen molar-refractivity contribution in [1.29, 1.82) is 0 Å². The number of aliphatic imine (C=N–C) groups is 1. The first-order valence-corrected chi connectivity index (χ1v) is 11.6. The van der Waals surface area contributed by atoms with Crippen LogP contribution < -0.4 is 10.6 Å². The molecule has 3 rings (SSSR count). The fourth-order valence-corrected chi connectivity index (χ4v) is 5.87. The maximum absolute atomic E-state index is 12.9. The molecule has 27 heavy (non-hydrogen) atoms. The largest absolute Gasteiger partial charge is 0.363 e. The molecule has 2 atom stereocenters. The van der Waals surface area contributed by atoms with Crippen molar-refractivity contribution in [3.8, 4) is 0 Å². The van der Waals surface area contributed by atoms with Gasteiger partial charge in [0.15, 0.2) is 5.17 Å². The van der Waals surface area contributed by atoms with Gasteiger partial charge in [0.05, 0.1) is 17.2 Å². The van der Waals surface area contributed by atoms with Crippen LogP contribution in [-0.2, 0) is 14.8 Å². The molecule has 2 N–H and O–H groups in total. The van der Waals surface area contributed by atoms with Crippen LogP contribution in [0.4, 0.5) is 5.69 Å². The first kappa shape index (κ1) is 20.2. The van der Waals surface area contributed by atoms with E-state index in [2.05, 4.69) is 29.5 Å². The molecule has 1 aromatic carbocycles. The number of carbonyl (C=O) groups excluding carboxylic acids is 1. The second-order valence-corrected chi connectivity index (χ2v) is 10.1. The van der Waals surface area contributed by atoms with Gasteiger partial charge in [0, 0.05) is 25.3 Å². The molecule has 0 saturated carbocycles. The van der Waals surface area contributed by atoms with Gasteiger partial charge in [-0.3, -0.25) is 9.79 Å². The number of thioether (sulfide) groups is 1. The second-order valence-electron chi connectivity index (χ2n) is 7.24. The van der Waals surface area contributed by atoms with Gasteiger partial charge < -0.3 is 10.6 Å². The Morgan fingerprint density at radius 1 is 1.26 bits per heavy atom. The number of rotatable bonds is 5. The van der Waals surface area contributed by atoms with E-state index in [9.17, 15) is 13.2 Å². The van der Waals surface area contributed by atoms with Crippen LogP contribution in [0.3, 0.4) is 0 Å². The molecule has 0 unspecified atom stereocenters. The molecule has 0 spiro atoms. The summed E-state index contributed by atoms with van der Waals surface area (Å²) in [5, 5.41) is 6.67. The van der Waals surface area contributed by atoms with E-state index in [1.165, 1.54) is 11.8 Å². The number of amidine groups is 1. The van der Waals surface area contributed by atoms with E-state index < -0.39 is 10.0 Å². The summed E-state index contributed by atoms with van der Waals surface area (Å²) in [6, 6.07) is 6.39. The average molecular weight is 411 g/mol. The first-order valence-electron chi connectivity index (χ1n) is 9.16. The lowest BCUT2D eigenvalue weighted by atomic mass is 9.94. The molecule has 0 aliphatic carbocycles. The number of nitrogens with one attached hydrogen (secondary N) is 2. The van der Waals surface area contributed by atoms with Crippen molar-refractivity contribution in [3.05, 3.63) is 24.3 Å². The standard InChI is InChI=1S/C18H26N4O3S2/c1-13-9-14(2)11-22(10-13)27(24,25)16-5-3-15(4-6-16)21-17(23)12-26-18-19-7-8-20-18/h3-6,13-14H,7-12H2,1-2H3,(H,19,20)(H,21,23)/t13-,14+. The Morgan fingerprint density at radius 3 is 2.52 bits per heavy atom. The summed E-state index contributed by atoms with van der Waals surface area (Å²) in [7, 11) is -3.50. The summed E-state index contributed by atoms with van der Waals surface area (Å²) >= 11 is 1.36. The van der Waals surface area contributed by atoms with Crippen molar-refractivity contribution >= 4 is 38.5 Å². The summed E-state index contributed by atoms with van der Waals surface area (Å²) in [5.74, 6) is 0.831. The van der Waals surface area contributed by atoms with E-state index in [1.54, 1.807) is 28.6 Å². The molecule has 0 bridgehead atoms. The summed E-state index contributed by atoms with van der Waals surface area (Å²) in [4.78, 5) is 16.5. The van der Waals surface area contributed by atoms with Crippen LogP contribution in [0.15, 0.2) is 34.2 Å². The van der Waals surface area contributed by atoms with Crippen LogP contribution in [-0.4, -0.2) is 55.7 Å². The summed E-state index contributed by atoms with van der Waals surface area (Å²) < 4.78 is 27.3. The topological polar surface area (TPSA) is 90.9 Å². The van der Waals surface area contributed by atoms with E-state index in [4.69, 9.17) is 0 Å². The van der Waals surface area contributed by atoms with E-state index >= 15 is 0 Å². The lowest BCUT2D eigenvalue weighted by molar-refractivity contribution is -0.113. The monoisotopic (exact) mass is 410 g/mol. The Balaban J connectivity index is 1.59. The van der Waals surface area contributed by atoms with E-state index in [0.29, 0.717) is 30.6 Å². The fourth-order valence-electron chi connectivity index (χ4n) is 3.47. The summed E-state index contributed by atoms with van der Waals surface area (Å²) in [6.45, 7) is 6.84. The van der Waals surface area contributed by atoms with Crippen molar-refractivity contribution < 1.29 is 13.2 Å². The smallest absolute Gasteiger partial charge is 0.243 e. The third-order valence-corrected chi connectivity index (χ3v) is 7.39. The Kier molecular flexibility index (Phi) is 6.44. The zero-order valence-corrected chi connectivity index (χ0v) is 17.3. The van der Waals surface area contributed by atoms with Crippen molar-refractivity contribution in [3.63, 3.8) is 0 Å². The highest BCUT2D eigenvalue weighted by Gasteiger charge is 2.31. The van der Waals surface area contributed by atoms with Gasteiger partial charge in [0.25, 0.3) is 0 Å². The quantitative estimate of drug-likeness (QED) is 0.775. The molecule has 9 heteroatoms. The minimum absolute atomic E-state index is 0.148. The minimum Gasteiger partial charge on any atom is -0.363 e. The third-order valence-electron chi connectivity index (χ3n) is 4.59. The van der Waals surface area contributed by atoms with Crippen LogP contribution in [0.1, 0.15) is 20.3 Å². The Labute approximate surface area is 165 Å². The highest BCUT2D eigenvalue weighted by Crippen LogP contribution is 2.27. The van der Waals surface area contributed by atoms with Gasteiger partial charge in [-0.2, -0.15) is 4.31 Å². The number of carbonyl (C=O) groups is 1. The number of hydrogen-bond acceptors (Lipinski definition) is 6. The minimum atomic E-state index is -3.50. The highest BCUT2D eigenvalue weighted by molar-refractivity contribution is 8.14. The lowest BCUT2D eigenvalue weighted by Crippen LogP contribution is -2.42. The van der Waals surface area contributed by atoms with E-state index in [-0.39, 0.29) is 16.6 Å². The molecular weight excluding hydrogens is 384 g/mol. The summed E-state index contributed by atoms with van der Waals surface area (Å²) in [5.41, 5.74) is 0.584. The number of hydrogen-bond donors (Lipinski definition) is 2. The highest BCUT2D eigenvalue weighted by atomic mass is 32.2. The SMILES string of the molecule is C[C@@H]1C[C@H](C)CN(S(=O)(=O)c2ccc(NC(=O)CSC3=NCCN3)cc2)C1. The van der Waals surface area contributed by atoms with Gasteiger partial charge in [0.1, 0.15) is 0 Å². The third kappa shape index (κ3) is 5.24. The molecule has 0 radical (unpaired) electrons.